The Kier molecular flexibility index (Phi) is 6.50. The molecule has 216 valence electrons. The molecule has 0 saturated carbocycles. The Morgan fingerprint density at radius 2 is 1.95 bits per heavy atom. The van der Waals surface area contributed by atoms with E-state index in [4.69, 9.17) is 9.47 Å². The van der Waals surface area contributed by atoms with Crippen LogP contribution in [-0.2, 0) is 11.8 Å². The summed E-state index contributed by atoms with van der Waals surface area (Å²) in [4.78, 5) is 32.4. The Balaban J connectivity index is 1.17. The summed E-state index contributed by atoms with van der Waals surface area (Å²) in [5.41, 5.74) is 5.69. The molecule has 10 nitrogen and oxygen atoms in total. The molecule has 0 radical (unpaired) electrons. The fourth-order valence-corrected chi connectivity index (χ4v) is 5.92. The quantitative estimate of drug-likeness (QED) is 0.283. The van der Waals surface area contributed by atoms with E-state index in [9.17, 15) is 4.79 Å². The van der Waals surface area contributed by atoms with Crippen molar-refractivity contribution in [3.63, 3.8) is 0 Å². The number of piperazine rings is 1. The van der Waals surface area contributed by atoms with Gasteiger partial charge < -0.3 is 28.7 Å². The zero-order valence-corrected chi connectivity index (χ0v) is 24.5. The highest BCUT2D eigenvalue weighted by atomic mass is 16.5. The Labute approximate surface area is 249 Å². The second-order valence-electron chi connectivity index (χ2n) is 10.9. The summed E-state index contributed by atoms with van der Waals surface area (Å²) in [5.74, 6) is 8.32. The molecule has 1 amide bonds. The SMILES string of the molecule is CC#CC(=O)N1CCN2CC1COc1cc3ncnc(N(C)c4ccc(Oc5ccc6c(c5)ncn6C)c(C)c4)c3cc12. The lowest BCUT2D eigenvalue weighted by Crippen LogP contribution is -2.56. The third kappa shape index (κ3) is 4.73. The van der Waals surface area contributed by atoms with Crippen molar-refractivity contribution in [2.75, 3.05) is 43.1 Å². The number of amides is 1. The van der Waals surface area contributed by atoms with Gasteiger partial charge in [0.05, 0.1) is 34.6 Å². The van der Waals surface area contributed by atoms with Crippen LogP contribution in [0.5, 0.6) is 17.2 Å². The normalized spacial score (nSPS) is 15.8. The predicted molar refractivity (Wildman–Crippen MR) is 166 cm³/mol. The number of hydrogen-bond donors (Lipinski definition) is 0. The van der Waals surface area contributed by atoms with Crippen molar-refractivity contribution >= 4 is 45.0 Å². The first-order valence-electron chi connectivity index (χ1n) is 14.2. The lowest BCUT2D eigenvalue weighted by atomic mass is 10.1. The van der Waals surface area contributed by atoms with Crippen LogP contribution in [-0.4, -0.2) is 69.7 Å². The number of rotatable bonds is 4. The highest BCUT2D eigenvalue weighted by molar-refractivity contribution is 5.96. The molecular formula is C33H31N7O3. The summed E-state index contributed by atoms with van der Waals surface area (Å²) >= 11 is 0. The number of aryl methyl sites for hydroxylation is 2. The van der Waals surface area contributed by atoms with Crippen LogP contribution >= 0.6 is 0 Å². The largest absolute Gasteiger partial charge is 0.489 e. The molecule has 0 N–H and O–H groups in total. The Morgan fingerprint density at radius 1 is 1.07 bits per heavy atom. The molecule has 7 rings (SSSR count). The van der Waals surface area contributed by atoms with E-state index in [0.717, 1.165) is 61.9 Å². The first-order valence-corrected chi connectivity index (χ1v) is 14.2. The summed E-state index contributed by atoms with van der Waals surface area (Å²) in [6, 6.07) is 16.1. The highest BCUT2D eigenvalue weighted by Gasteiger charge is 2.34. The number of carbonyl (C=O) groups excluding carboxylic acids is 1. The molecule has 1 saturated heterocycles. The van der Waals surface area contributed by atoms with Crippen molar-refractivity contribution in [3.8, 4) is 29.1 Å². The molecule has 0 aliphatic carbocycles. The average molecular weight is 574 g/mol. The lowest BCUT2D eigenvalue weighted by Gasteiger charge is -2.39. The monoisotopic (exact) mass is 573 g/mol. The van der Waals surface area contributed by atoms with Crippen LogP contribution in [0.15, 0.2) is 61.2 Å². The number of ether oxygens (including phenoxy) is 2. The molecule has 1 unspecified atom stereocenters. The minimum atomic E-state index is -0.150. The zero-order chi connectivity index (χ0) is 29.7. The topological polar surface area (TPSA) is 88.8 Å². The third-order valence-electron chi connectivity index (χ3n) is 8.23. The number of aromatic nitrogens is 4. The summed E-state index contributed by atoms with van der Waals surface area (Å²) in [7, 11) is 3.98. The molecule has 10 heteroatoms. The molecule has 1 fully saturated rings. The molecule has 2 aliphatic heterocycles. The Morgan fingerprint density at radius 3 is 2.79 bits per heavy atom. The number of carbonyl (C=O) groups is 1. The van der Waals surface area contributed by atoms with E-state index in [1.54, 1.807) is 19.6 Å². The van der Waals surface area contributed by atoms with Crippen molar-refractivity contribution in [2.45, 2.75) is 19.9 Å². The maximum absolute atomic E-state index is 12.6. The maximum Gasteiger partial charge on any atom is 0.298 e. The summed E-state index contributed by atoms with van der Waals surface area (Å²) in [6.45, 7) is 6.11. The van der Waals surface area contributed by atoms with Gasteiger partial charge in [0, 0.05) is 56.9 Å². The van der Waals surface area contributed by atoms with Gasteiger partial charge in [-0.25, -0.2) is 15.0 Å². The number of anilines is 3. The van der Waals surface area contributed by atoms with Gasteiger partial charge in [0.15, 0.2) is 0 Å². The highest BCUT2D eigenvalue weighted by Crippen LogP contribution is 2.40. The fraction of sp³-hybridized carbons (Fsp3) is 0.273. The summed E-state index contributed by atoms with van der Waals surface area (Å²) in [6.07, 6.45) is 3.38. The van der Waals surface area contributed by atoms with Gasteiger partial charge in [-0.05, 0) is 61.7 Å². The molecule has 1 atom stereocenters. The number of imidazole rings is 1. The van der Waals surface area contributed by atoms with Crippen molar-refractivity contribution in [3.05, 3.63) is 66.7 Å². The first kappa shape index (κ1) is 26.6. The minimum absolute atomic E-state index is 0.0691. The predicted octanol–water partition coefficient (Wildman–Crippen LogP) is 4.82. The molecule has 2 aromatic heterocycles. The standard InChI is InChI=1S/C33H31N7O3/c1-5-6-32(41)40-12-11-39-17-23(40)18-42-31-16-26-25(15-29(31)39)33(35-19-34-26)38(4)22-7-10-30(21(2)13-22)43-24-8-9-28-27(14-24)36-20-37(28)3/h7-10,13-16,19-20,23H,11-12,17-18H2,1-4H3. The molecule has 5 aromatic rings. The van der Waals surface area contributed by atoms with E-state index in [0.29, 0.717) is 26.2 Å². The van der Waals surface area contributed by atoms with Crippen LogP contribution in [0.3, 0.4) is 0 Å². The number of nitrogens with zero attached hydrogens (tertiary/aromatic N) is 7. The van der Waals surface area contributed by atoms with Crippen molar-refractivity contribution in [1.82, 2.24) is 24.4 Å². The van der Waals surface area contributed by atoms with Crippen LogP contribution in [0.1, 0.15) is 12.5 Å². The average Bonchev–Trinajstić information content (AvgIpc) is 3.33. The van der Waals surface area contributed by atoms with E-state index in [1.165, 1.54) is 0 Å². The molecular weight excluding hydrogens is 542 g/mol. The summed E-state index contributed by atoms with van der Waals surface area (Å²) in [5, 5.41) is 0.919. The first-order chi connectivity index (χ1) is 20.9. The number of fused-ring (bicyclic) bond motifs is 6. The van der Waals surface area contributed by atoms with E-state index < -0.39 is 0 Å². The van der Waals surface area contributed by atoms with E-state index >= 15 is 0 Å². The maximum atomic E-state index is 12.6. The van der Waals surface area contributed by atoms with Crippen LogP contribution in [0, 0.1) is 18.8 Å². The van der Waals surface area contributed by atoms with Crippen LogP contribution in [0.2, 0.25) is 0 Å². The second-order valence-corrected chi connectivity index (χ2v) is 10.9. The Hall–Kier alpha value is -5.30. The Bertz CT molecular complexity index is 1960. The smallest absolute Gasteiger partial charge is 0.298 e. The molecule has 43 heavy (non-hydrogen) atoms. The van der Waals surface area contributed by atoms with Gasteiger partial charge in [-0.2, -0.15) is 0 Å². The fourth-order valence-electron chi connectivity index (χ4n) is 5.92. The molecule has 4 heterocycles. The van der Waals surface area contributed by atoms with Gasteiger partial charge in [0.2, 0.25) is 0 Å². The van der Waals surface area contributed by atoms with Crippen LogP contribution in [0.25, 0.3) is 21.9 Å². The van der Waals surface area contributed by atoms with Crippen LogP contribution in [0.4, 0.5) is 17.2 Å². The van der Waals surface area contributed by atoms with Crippen molar-refractivity contribution < 1.29 is 14.3 Å². The lowest BCUT2D eigenvalue weighted by molar-refractivity contribution is -0.128. The minimum Gasteiger partial charge on any atom is -0.489 e. The van der Waals surface area contributed by atoms with E-state index in [2.05, 4.69) is 48.7 Å². The molecule has 3 aromatic carbocycles. The van der Waals surface area contributed by atoms with Gasteiger partial charge in [-0.3, -0.25) is 4.79 Å². The van der Waals surface area contributed by atoms with Crippen LogP contribution < -0.4 is 19.3 Å². The van der Waals surface area contributed by atoms with Gasteiger partial charge >= 0.3 is 0 Å². The van der Waals surface area contributed by atoms with E-state index in [-0.39, 0.29) is 11.9 Å². The van der Waals surface area contributed by atoms with Crippen molar-refractivity contribution in [1.29, 1.82) is 0 Å². The number of benzene rings is 3. The molecule has 2 aliphatic rings. The van der Waals surface area contributed by atoms with Crippen molar-refractivity contribution in [2.24, 2.45) is 7.05 Å². The van der Waals surface area contributed by atoms with E-state index in [1.807, 2.05) is 66.9 Å². The van der Waals surface area contributed by atoms with Gasteiger partial charge in [-0.15, -0.1) is 0 Å². The third-order valence-corrected chi connectivity index (χ3v) is 8.23. The second kappa shape index (κ2) is 10.5. The molecule has 2 bridgehead atoms. The van der Waals surface area contributed by atoms with Gasteiger partial charge in [0.25, 0.3) is 5.91 Å². The molecule has 0 spiro atoms. The van der Waals surface area contributed by atoms with Gasteiger partial charge in [0.1, 0.15) is 36.0 Å². The summed E-state index contributed by atoms with van der Waals surface area (Å²) < 4.78 is 14.5. The zero-order valence-electron chi connectivity index (χ0n) is 24.5. The number of hydrogen-bond acceptors (Lipinski definition) is 8. The van der Waals surface area contributed by atoms with Gasteiger partial charge in [-0.1, -0.05) is 5.92 Å².